The van der Waals surface area contributed by atoms with E-state index >= 15 is 0 Å². The predicted molar refractivity (Wildman–Crippen MR) is 159 cm³/mol. The first-order valence-corrected chi connectivity index (χ1v) is 14.6. The maximum absolute atomic E-state index is 14.7. The molecule has 5 rings (SSSR count). The molecule has 222 valence electrons. The van der Waals surface area contributed by atoms with Gasteiger partial charge in [-0.25, -0.2) is 13.2 Å². The number of nitrogens with zero attached hydrogens (tertiary/aromatic N) is 2. The lowest BCUT2D eigenvalue weighted by atomic mass is 10.0. The molecule has 0 bridgehead atoms. The van der Waals surface area contributed by atoms with Crippen molar-refractivity contribution in [1.82, 2.24) is 15.5 Å². The molecule has 3 aromatic carbocycles. The molecule has 0 spiro atoms. The Morgan fingerprint density at radius 1 is 0.905 bits per heavy atom. The van der Waals surface area contributed by atoms with Crippen LogP contribution < -0.4 is 20.3 Å². The lowest BCUT2D eigenvalue weighted by molar-refractivity contribution is -0.120. The van der Waals surface area contributed by atoms with E-state index < -0.39 is 0 Å². The molecule has 0 saturated carbocycles. The minimum absolute atomic E-state index is 0.0213. The average molecular weight is 579 g/mol. The summed E-state index contributed by atoms with van der Waals surface area (Å²) in [4.78, 5) is 17.0. The van der Waals surface area contributed by atoms with Gasteiger partial charge in [0.1, 0.15) is 35.8 Å². The van der Waals surface area contributed by atoms with Crippen molar-refractivity contribution in [2.45, 2.75) is 37.8 Å². The van der Waals surface area contributed by atoms with E-state index in [1.54, 1.807) is 41.3 Å². The molecule has 0 unspecified atom stereocenters. The van der Waals surface area contributed by atoms with Crippen molar-refractivity contribution in [3.05, 3.63) is 95.8 Å². The zero-order chi connectivity index (χ0) is 29.3. The van der Waals surface area contributed by atoms with Crippen molar-refractivity contribution in [1.29, 1.82) is 0 Å². The van der Waals surface area contributed by atoms with Gasteiger partial charge in [-0.3, -0.25) is 9.69 Å². The van der Waals surface area contributed by atoms with Crippen molar-refractivity contribution in [3.63, 3.8) is 0 Å². The molecule has 2 aliphatic heterocycles. The molecule has 9 heteroatoms. The zero-order valence-electron chi connectivity index (χ0n) is 23.6. The smallest absolute Gasteiger partial charge is 0.240 e. The van der Waals surface area contributed by atoms with E-state index in [0.29, 0.717) is 29.2 Å². The lowest BCUT2D eigenvalue weighted by Crippen LogP contribution is -2.47. The molecular weight excluding hydrogens is 541 g/mol. The van der Waals surface area contributed by atoms with Crippen molar-refractivity contribution in [2.24, 2.45) is 0 Å². The summed E-state index contributed by atoms with van der Waals surface area (Å²) in [7, 11) is 0. The predicted octanol–water partition coefficient (Wildman–Crippen LogP) is 5.67. The van der Waals surface area contributed by atoms with E-state index in [1.807, 2.05) is 12.1 Å². The maximum Gasteiger partial charge on any atom is 0.240 e. The molecule has 2 heterocycles. The summed E-state index contributed by atoms with van der Waals surface area (Å²) in [6, 6.07) is 16.8. The van der Waals surface area contributed by atoms with Crippen LogP contribution in [-0.2, 0) is 4.79 Å². The average Bonchev–Trinajstić information content (AvgIpc) is 2.99. The molecule has 2 saturated heterocycles. The first-order chi connectivity index (χ1) is 20.4. The number of hydrogen-bond donors (Lipinski definition) is 2. The van der Waals surface area contributed by atoms with Gasteiger partial charge in [0.05, 0.1) is 0 Å². The van der Waals surface area contributed by atoms with Crippen LogP contribution in [0.5, 0.6) is 5.75 Å². The van der Waals surface area contributed by atoms with Crippen LogP contribution in [0.3, 0.4) is 0 Å². The number of rotatable bonds is 10. The summed E-state index contributed by atoms with van der Waals surface area (Å²) in [5, 5.41) is 6.41. The van der Waals surface area contributed by atoms with E-state index in [2.05, 4.69) is 15.5 Å². The normalized spacial score (nSPS) is 16.9. The van der Waals surface area contributed by atoms with Crippen molar-refractivity contribution < 1.29 is 22.7 Å². The van der Waals surface area contributed by atoms with E-state index in [4.69, 9.17) is 4.74 Å². The number of hydrogen-bond acceptors (Lipinski definition) is 5. The number of benzene rings is 3. The summed E-state index contributed by atoms with van der Waals surface area (Å²) < 4.78 is 47.6. The van der Waals surface area contributed by atoms with Gasteiger partial charge in [0.2, 0.25) is 5.91 Å². The highest BCUT2D eigenvalue weighted by atomic mass is 19.1. The number of likely N-dealkylation sites (tertiary alicyclic amines) is 1. The SMILES string of the molecule is O=C(CN(c1ccc(F)cc1)c1ccc(F)cc1)NC1CCN(C/C=C/c2ccc(OC3CCNCC3)cc2F)CC1. The Hall–Kier alpha value is -3.82. The van der Waals surface area contributed by atoms with Crippen LogP contribution in [0.25, 0.3) is 6.08 Å². The molecule has 2 aliphatic rings. The third-order valence-electron chi connectivity index (χ3n) is 7.75. The van der Waals surface area contributed by atoms with Gasteiger partial charge in [-0.1, -0.05) is 12.2 Å². The number of nitrogens with one attached hydrogen (secondary N) is 2. The lowest BCUT2D eigenvalue weighted by Gasteiger charge is -2.32. The van der Waals surface area contributed by atoms with Gasteiger partial charge in [-0.15, -0.1) is 0 Å². The molecule has 0 aromatic heterocycles. The van der Waals surface area contributed by atoms with Gasteiger partial charge in [0.15, 0.2) is 0 Å². The second kappa shape index (κ2) is 14.4. The molecule has 2 fully saturated rings. The molecule has 0 aliphatic carbocycles. The highest BCUT2D eigenvalue weighted by molar-refractivity contribution is 5.84. The van der Waals surface area contributed by atoms with Gasteiger partial charge in [0.25, 0.3) is 0 Å². The van der Waals surface area contributed by atoms with Gasteiger partial charge < -0.3 is 20.3 Å². The number of piperidine rings is 2. The fourth-order valence-electron chi connectivity index (χ4n) is 5.40. The second-order valence-electron chi connectivity index (χ2n) is 10.8. The van der Waals surface area contributed by atoms with E-state index in [1.165, 1.54) is 30.3 Å². The maximum atomic E-state index is 14.7. The Kier molecular flexibility index (Phi) is 10.2. The number of carbonyl (C=O) groups excluding carboxylic acids is 1. The first-order valence-electron chi connectivity index (χ1n) is 14.6. The molecule has 42 heavy (non-hydrogen) atoms. The third kappa shape index (κ3) is 8.36. The Labute approximate surface area is 245 Å². The quantitative estimate of drug-likeness (QED) is 0.325. The molecule has 2 N–H and O–H groups in total. The number of halogens is 3. The summed E-state index contributed by atoms with van der Waals surface area (Å²) in [6.45, 7) is 4.17. The Morgan fingerprint density at radius 2 is 1.52 bits per heavy atom. The second-order valence-corrected chi connectivity index (χ2v) is 10.8. The standard InChI is InChI=1S/C33H37F3N4O2/c34-25-4-8-28(9-5-25)40(29-10-6-26(35)7-11-29)23-33(41)38-27-15-20-39(21-16-27)19-1-2-24-3-12-31(22-32(24)36)42-30-13-17-37-18-14-30/h1-12,22,27,30,37H,13-21,23H2,(H,38,41)/b2-1+. The van der Waals surface area contributed by atoms with Gasteiger partial charge in [-0.05, 0) is 99.4 Å². The van der Waals surface area contributed by atoms with Crippen molar-refractivity contribution >= 4 is 23.4 Å². The molecule has 3 aromatic rings. The fourth-order valence-corrected chi connectivity index (χ4v) is 5.40. The van der Waals surface area contributed by atoms with Crippen LogP contribution in [-0.4, -0.2) is 62.2 Å². The van der Waals surface area contributed by atoms with Crippen LogP contribution >= 0.6 is 0 Å². The molecule has 1 amide bonds. The number of ether oxygens (including phenoxy) is 1. The van der Waals surface area contributed by atoms with E-state index in [-0.39, 0.29) is 42.0 Å². The third-order valence-corrected chi connectivity index (χ3v) is 7.75. The topological polar surface area (TPSA) is 56.8 Å². The fraction of sp³-hybridized carbons (Fsp3) is 0.364. The highest BCUT2D eigenvalue weighted by Gasteiger charge is 2.22. The van der Waals surface area contributed by atoms with Crippen molar-refractivity contribution in [3.8, 4) is 5.75 Å². The Morgan fingerprint density at radius 3 is 2.12 bits per heavy atom. The number of carbonyl (C=O) groups is 1. The monoisotopic (exact) mass is 578 g/mol. The first kappa shape index (κ1) is 29.7. The number of amides is 1. The van der Waals surface area contributed by atoms with Crippen LogP contribution in [0.1, 0.15) is 31.2 Å². The summed E-state index contributed by atoms with van der Waals surface area (Å²) in [5.41, 5.74) is 1.81. The molecule has 6 nitrogen and oxygen atoms in total. The minimum atomic E-state index is -0.371. The van der Waals surface area contributed by atoms with Crippen molar-refractivity contribution in [2.75, 3.05) is 44.2 Å². The van der Waals surface area contributed by atoms with E-state index in [9.17, 15) is 18.0 Å². The Balaban J connectivity index is 1.08. The molecule has 0 radical (unpaired) electrons. The molecular formula is C33H37F3N4O2. The van der Waals surface area contributed by atoms with Gasteiger partial charge in [0, 0.05) is 48.7 Å². The zero-order valence-corrected chi connectivity index (χ0v) is 23.6. The largest absolute Gasteiger partial charge is 0.490 e. The highest BCUT2D eigenvalue weighted by Crippen LogP contribution is 2.26. The van der Waals surface area contributed by atoms with Crippen LogP contribution in [0, 0.1) is 17.5 Å². The van der Waals surface area contributed by atoms with E-state index in [0.717, 1.165) is 51.9 Å². The summed E-state index contributed by atoms with van der Waals surface area (Å²) >= 11 is 0. The summed E-state index contributed by atoms with van der Waals surface area (Å²) in [6.07, 6.45) is 7.34. The number of anilines is 2. The summed E-state index contributed by atoms with van der Waals surface area (Å²) in [5.74, 6) is -0.632. The van der Waals surface area contributed by atoms with Gasteiger partial charge >= 0.3 is 0 Å². The Bertz CT molecular complexity index is 1290. The van der Waals surface area contributed by atoms with Crippen LogP contribution in [0.4, 0.5) is 24.5 Å². The van der Waals surface area contributed by atoms with Gasteiger partial charge in [-0.2, -0.15) is 0 Å². The van der Waals surface area contributed by atoms with Crippen LogP contribution in [0.15, 0.2) is 72.8 Å². The molecule has 0 atom stereocenters. The van der Waals surface area contributed by atoms with Crippen LogP contribution in [0.2, 0.25) is 0 Å². The minimum Gasteiger partial charge on any atom is -0.490 e.